The third kappa shape index (κ3) is 3.57. The average Bonchev–Trinajstić information content (AvgIpc) is 2.65. The molecule has 0 radical (unpaired) electrons. The molecule has 0 saturated heterocycles. The Labute approximate surface area is 160 Å². The van der Waals surface area contributed by atoms with E-state index in [0.29, 0.717) is 21.7 Å². The second kappa shape index (κ2) is 7.20. The molecule has 128 valence electrons. The highest BCUT2D eigenvalue weighted by Gasteiger charge is 2.10. The van der Waals surface area contributed by atoms with Gasteiger partial charge >= 0.3 is 0 Å². The van der Waals surface area contributed by atoms with Crippen molar-refractivity contribution >= 4 is 57.2 Å². The maximum Gasteiger partial charge on any atom is 0.229 e. The van der Waals surface area contributed by atoms with Crippen LogP contribution < -0.4 is 10.6 Å². The average molecular weight is 381 g/mol. The molecule has 0 aliphatic rings. The van der Waals surface area contributed by atoms with Gasteiger partial charge in [-0.3, -0.25) is 0 Å². The van der Waals surface area contributed by atoms with E-state index in [9.17, 15) is 0 Å². The Morgan fingerprint density at radius 1 is 0.731 bits per heavy atom. The maximum atomic E-state index is 6.25. The van der Waals surface area contributed by atoms with E-state index in [1.165, 1.54) is 0 Å². The third-order valence-corrected chi connectivity index (χ3v) is 4.37. The Balaban J connectivity index is 1.76. The Hall–Kier alpha value is -2.82. The van der Waals surface area contributed by atoms with E-state index in [1.54, 1.807) is 18.2 Å². The molecule has 4 rings (SSSR count). The van der Waals surface area contributed by atoms with Crippen LogP contribution in [0.4, 0.5) is 23.1 Å². The molecule has 2 N–H and O–H groups in total. The third-order valence-electron chi connectivity index (χ3n) is 3.82. The molecular weight excluding hydrogens is 367 g/mol. The minimum Gasteiger partial charge on any atom is -0.340 e. The van der Waals surface area contributed by atoms with Gasteiger partial charge in [0, 0.05) is 16.1 Å². The fraction of sp³-hybridized carbons (Fsp3) is 0. The first-order valence-electron chi connectivity index (χ1n) is 8.00. The van der Waals surface area contributed by atoms with Gasteiger partial charge in [-0.1, -0.05) is 53.5 Å². The van der Waals surface area contributed by atoms with Crippen molar-refractivity contribution in [3.05, 3.63) is 82.8 Å². The first-order valence-corrected chi connectivity index (χ1v) is 8.75. The van der Waals surface area contributed by atoms with E-state index in [-0.39, 0.29) is 0 Å². The smallest absolute Gasteiger partial charge is 0.229 e. The molecule has 4 nitrogen and oxygen atoms in total. The summed E-state index contributed by atoms with van der Waals surface area (Å²) in [5.74, 6) is 1.17. The van der Waals surface area contributed by atoms with Gasteiger partial charge in [0.1, 0.15) is 5.82 Å². The largest absolute Gasteiger partial charge is 0.340 e. The van der Waals surface area contributed by atoms with E-state index in [4.69, 9.17) is 23.2 Å². The lowest BCUT2D eigenvalue weighted by atomic mass is 10.2. The molecule has 6 heteroatoms. The number of fused-ring (bicyclic) bond motifs is 1. The van der Waals surface area contributed by atoms with E-state index in [0.717, 1.165) is 22.4 Å². The number of halogens is 2. The molecule has 3 aromatic carbocycles. The maximum absolute atomic E-state index is 6.25. The molecule has 0 aliphatic heterocycles. The summed E-state index contributed by atoms with van der Waals surface area (Å²) < 4.78 is 0. The first-order chi connectivity index (χ1) is 12.7. The highest BCUT2D eigenvalue weighted by Crippen LogP contribution is 2.30. The standard InChI is InChI=1S/C20H14Cl2N4/c21-13-10-11-18(16(22)12-13)25-20-24-17-9-5-4-8-15(17)19(26-20)23-14-6-2-1-3-7-14/h1-12H,(H2,23,24,25,26). The topological polar surface area (TPSA) is 49.8 Å². The van der Waals surface area contributed by atoms with Crippen molar-refractivity contribution in [3.63, 3.8) is 0 Å². The zero-order chi connectivity index (χ0) is 17.9. The van der Waals surface area contributed by atoms with E-state index >= 15 is 0 Å². The number of rotatable bonds is 4. The zero-order valence-electron chi connectivity index (χ0n) is 13.6. The predicted octanol–water partition coefficient (Wildman–Crippen LogP) is 6.42. The molecule has 26 heavy (non-hydrogen) atoms. The van der Waals surface area contributed by atoms with Crippen molar-refractivity contribution in [2.45, 2.75) is 0 Å². The number of hydrogen-bond donors (Lipinski definition) is 2. The Kier molecular flexibility index (Phi) is 4.61. The van der Waals surface area contributed by atoms with Crippen molar-refractivity contribution < 1.29 is 0 Å². The molecular formula is C20H14Cl2N4. The summed E-state index contributed by atoms with van der Waals surface area (Å²) in [6.07, 6.45) is 0. The van der Waals surface area contributed by atoms with Gasteiger partial charge in [-0.2, -0.15) is 4.98 Å². The number of para-hydroxylation sites is 2. The molecule has 0 aliphatic carbocycles. The SMILES string of the molecule is Clc1ccc(Nc2nc(Nc3ccccc3)c3ccccc3n2)c(Cl)c1. The fourth-order valence-corrected chi connectivity index (χ4v) is 3.05. The van der Waals surface area contributed by atoms with Gasteiger partial charge in [-0.15, -0.1) is 0 Å². The quantitative estimate of drug-likeness (QED) is 0.428. The van der Waals surface area contributed by atoms with Gasteiger partial charge in [0.25, 0.3) is 0 Å². The second-order valence-electron chi connectivity index (χ2n) is 5.65. The molecule has 4 aromatic rings. The van der Waals surface area contributed by atoms with Crippen LogP contribution in [-0.4, -0.2) is 9.97 Å². The van der Waals surface area contributed by atoms with Crippen LogP contribution in [0.25, 0.3) is 10.9 Å². The molecule has 0 atom stereocenters. The summed E-state index contributed by atoms with van der Waals surface area (Å²) >= 11 is 12.2. The summed E-state index contributed by atoms with van der Waals surface area (Å²) in [5.41, 5.74) is 2.47. The Bertz CT molecular complexity index is 1070. The summed E-state index contributed by atoms with van der Waals surface area (Å²) in [4.78, 5) is 9.21. The molecule has 0 bridgehead atoms. The summed E-state index contributed by atoms with van der Waals surface area (Å²) in [5, 5.41) is 8.53. The molecule has 0 unspecified atom stereocenters. The predicted molar refractivity (Wildman–Crippen MR) is 109 cm³/mol. The van der Waals surface area contributed by atoms with Gasteiger partial charge < -0.3 is 10.6 Å². The second-order valence-corrected chi connectivity index (χ2v) is 6.50. The lowest BCUT2D eigenvalue weighted by Gasteiger charge is -2.12. The van der Waals surface area contributed by atoms with E-state index < -0.39 is 0 Å². The van der Waals surface area contributed by atoms with Gasteiger partial charge in [0.2, 0.25) is 5.95 Å². The van der Waals surface area contributed by atoms with Crippen LogP contribution in [0.1, 0.15) is 0 Å². The van der Waals surface area contributed by atoms with Gasteiger partial charge in [0.05, 0.1) is 16.2 Å². The molecule has 0 spiro atoms. The summed E-state index contributed by atoms with van der Waals surface area (Å²) in [6, 6.07) is 23.0. The molecule has 1 heterocycles. The van der Waals surface area contributed by atoms with Crippen LogP contribution in [0.5, 0.6) is 0 Å². The normalized spacial score (nSPS) is 10.7. The van der Waals surface area contributed by atoms with Crippen molar-refractivity contribution in [2.75, 3.05) is 10.6 Å². The van der Waals surface area contributed by atoms with Crippen molar-refractivity contribution in [2.24, 2.45) is 0 Å². The van der Waals surface area contributed by atoms with Gasteiger partial charge in [-0.05, 0) is 42.5 Å². The van der Waals surface area contributed by atoms with E-state index in [2.05, 4.69) is 20.6 Å². The number of nitrogens with one attached hydrogen (secondary N) is 2. The highest BCUT2D eigenvalue weighted by molar-refractivity contribution is 6.36. The number of aromatic nitrogens is 2. The van der Waals surface area contributed by atoms with Crippen molar-refractivity contribution in [1.82, 2.24) is 9.97 Å². The molecule has 0 saturated carbocycles. The molecule has 1 aromatic heterocycles. The summed E-state index contributed by atoms with van der Waals surface area (Å²) in [7, 11) is 0. The van der Waals surface area contributed by atoms with Crippen molar-refractivity contribution in [3.8, 4) is 0 Å². The lowest BCUT2D eigenvalue weighted by Crippen LogP contribution is -2.02. The first kappa shape index (κ1) is 16.6. The Morgan fingerprint density at radius 3 is 2.31 bits per heavy atom. The number of nitrogens with zero attached hydrogens (tertiary/aromatic N) is 2. The van der Waals surface area contributed by atoms with Crippen LogP contribution in [0.2, 0.25) is 10.0 Å². The van der Waals surface area contributed by atoms with Crippen LogP contribution >= 0.6 is 23.2 Å². The molecule has 0 amide bonds. The fourth-order valence-electron chi connectivity index (χ4n) is 2.60. The van der Waals surface area contributed by atoms with Crippen LogP contribution in [0.15, 0.2) is 72.8 Å². The molecule has 0 fully saturated rings. The van der Waals surface area contributed by atoms with Crippen LogP contribution in [-0.2, 0) is 0 Å². The highest BCUT2D eigenvalue weighted by atomic mass is 35.5. The minimum absolute atomic E-state index is 0.450. The number of benzene rings is 3. The number of anilines is 4. The minimum atomic E-state index is 0.450. The van der Waals surface area contributed by atoms with E-state index in [1.807, 2.05) is 54.6 Å². The van der Waals surface area contributed by atoms with Crippen LogP contribution in [0.3, 0.4) is 0 Å². The van der Waals surface area contributed by atoms with Crippen molar-refractivity contribution in [1.29, 1.82) is 0 Å². The Morgan fingerprint density at radius 2 is 1.50 bits per heavy atom. The summed E-state index contributed by atoms with van der Waals surface area (Å²) in [6.45, 7) is 0. The monoisotopic (exact) mass is 380 g/mol. The lowest BCUT2D eigenvalue weighted by molar-refractivity contribution is 1.21. The van der Waals surface area contributed by atoms with Gasteiger partial charge in [0.15, 0.2) is 0 Å². The van der Waals surface area contributed by atoms with Gasteiger partial charge in [-0.25, -0.2) is 4.98 Å². The zero-order valence-corrected chi connectivity index (χ0v) is 15.1. The van der Waals surface area contributed by atoms with Crippen LogP contribution in [0, 0.1) is 0 Å². The number of hydrogen-bond acceptors (Lipinski definition) is 4.